The number of hydrogen-bond donors (Lipinski definition) is 0. The maximum atomic E-state index is 8.44. The monoisotopic (exact) mass is 121 g/mol. The van der Waals surface area contributed by atoms with Crippen LogP contribution in [0.3, 0.4) is 0 Å². The van der Waals surface area contributed by atoms with Crippen LogP contribution >= 0.6 is 0 Å². The molecule has 0 rings (SSSR count). The number of hydrogen-bond acceptors (Lipinski definition) is 1. The third-order valence-corrected chi connectivity index (χ3v) is 1.08. The molecule has 0 amide bonds. The second-order valence-corrected chi connectivity index (χ2v) is 1.87. The number of rotatable bonds is 4. The van der Waals surface area contributed by atoms with Gasteiger partial charge in [0.2, 0.25) is 0 Å². The van der Waals surface area contributed by atoms with E-state index >= 15 is 0 Å². The van der Waals surface area contributed by atoms with Gasteiger partial charge in [0.15, 0.2) is 0 Å². The van der Waals surface area contributed by atoms with Crippen molar-refractivity contribution in [2.45, 2.75) is 12.8 Å². The van der Waals surface area contributed by atoms with Crippen LogP contribution in [0, 0.1) is 17.2 Å². The molecule has 0 unspecified atom stereocenters. The summed E-state index contributed by atoms with van der Waals surface area (Å²) in [5.74, 6) is 0.0833. The molecule has 9 heavy (non-hydrogen) atoms. The van der Waals surface area contributed by atoms with Crippen LogP contribution in [0.4, 0.5) is 0 Å². The van der Waals surface area contributed by atoms with Gasteiger partial charge in [0.05, 0.1) is 12.0 Å². The molecule has 1 nitrogen and oxygen atoms in total. The van der Waals surface area contributed by atoms with Crippen molar-refractivity contribution in [2.24, 2.45) is 5.92 Å². The lowest BCUT2D eigenvalue weighted by Gasteiger charge is -1.98. The van der Waals surface area contributed by atoms with Crippen molar-refractivity contribution in [1.29, 1.82) is 5.26 Å². The van der Waals surface area contributed by atoms with E-state index < -0.39 is 0 Å². The first-order valence-electron chi connectivity index (χ1n) is 2.96. The van der Waals surface area contributed by atoms with Crippen LogP contribution in [0.15, 0.2) is 25.3 Å². The Balaban J connectivity index is 3.56. The summed E-state index contributed by atoms with van der Waals surface area (Å²) in [5.41, 5.74) is 0. The quantitative estimate of drug-likeness (QED) is 0.523. The highest BCUT2D eigenvalue weighted by Gasteiger charge is 1.99. The highest BCUT2D eigenvalue weighted by molar-refractivity contribution is 4.91. The van der Waals surface area contributed by atoms with Gasteiger partial charge >= 0.3 is 0 Å². The van der Waals surface area contributed by atoms with Gasteiger partial charge in [-0.1, -0.05) is 12.2 Å². The second kappa shape index (κ2) is 5.11. The molecule has 0 fully saturated rings. The molecule has 0 aliphatic carbocycles. The van der Waals surface area contributed by atoms with Crippen molar-refractivity contribution in [2.75, 3.05) is 0 Å². The molecular formula is C8H11N. The molecule has 0 spiro atoms. The van der Waals surface area contributed by atoms with E-state index in [1.807, 2.05) is 0 Å². The first kappa shape index (κ1) is 7.97. The molecule has 0 aliphatic heterocycles. The van der Waals surface area contributed by atoms with Crippen molar-refractivity contribution >= 4 is 0 Å². The third kappa shape index (κ3) is 3.54. The molecule has 0 bridgehead atoms. The minimum Gasteiger partial charge on any atom is -0.198 e. The smallest absolute Gasteiger partial charge is 0.0662 e. The molecule has 0 heterocycles. The summed E-state index contributed by atoms with van der Waals surface area (Å²) in [6, 6.07) is 2.16. The van der Waals surface area contributed by atoms with Gasteiger partial charge in [-0.05, 0) is 12.8 Å². The van der Waals surface area contributed by atoms with Crippen LogP contribution < -0.4 is 0 Å². The molecular weight excluding hydrogens is 110 g/mol. The van der Waals surface area contributed by atoms with E-state index in [1.54, 1.807) is 12.2 Å². The van der Waals surface area contributed by atoms with Crippen molar-refractivity contribution in [3.05, 3.63) is 25.3 Å². The number of allylic oxidation sites excluding steroid dienone is 2. The van der Waals surface area contributed by atoms with Crippen molar-refractivity contribution in [1.82, 2.24) is 0 Å². The van der Waals surface area contributed by atoms with E-state index in [1.165, 1.54) is 0 Å². The Labute approximate surface area is 56.3 Å². The van der Waals surface area contributed by atoms with Crippen LogP contribution in [0.25, 0.3) is 0 Å². The zero-order valence-electron chi connectivity index (χ0n) is 5.51. The fraction of sp³-hybridized carbons (Fsp3) is 0.375. The van der Waals surface area contributed by atoms with E-state index in [0.717, 1.165) is 12.8 Å². The molecule has 0 aromatic heterocycles. The summed E-state index contributed by atoms with van der Waals surface area (Å²) in [6.07, 6.45) is 5.06. The minimum atomic E-state index is 0.0833. The Morgan fingerprint density at radius 2 is 1.78 bits per heavy atom. The summed E-state index contributed by atoms with van der Waals surface area (Å²) >= 11 is 0. The molecule has 0 atom stereocenters. The topological polar surface area (TPSA) is 23.8 Å². The lowest BCUT2D eigenvalue weighted by atomic mass is 10.0. The van der Waals surface area contributed by atoms with Gasteiger partial charge in [0, 0.05) is 0 Å². The van der Waals surface area contributed by atoms with Gasteiger partial charge in [0.1, 0.15) is 0 Å². The summed E-state index contributed by atoms with van der Waals surface area (Å²) < 4.78 is 0. The van der Waals surface area contributed by atoms with Gasteiger partial charge in [-0.25, -0.2) is 0 Å². The standard InChI is InChI=1S/C8H11N/c1-3-5-8(7-9)6-4-2/h3-4,8H,1-2,5-6H2. The Kier molecular flexibility index (Phi) is 4.53. The summed E-state index contributed by atoms with van der Waals surface area (Å²) in [6.45, 7) is 7.09. The van der Waals surface area contributed by atoms with Gasteiger partial charge in [0.25, 0.3) is 0 Å². The van der Waals surface area contributed by atoms with Crippen LogP contribution in [0.1, 0.15) is 12.8 Å². The first-order valence-corrected chi connectivity index (χ1v) is 2.96. The molecule has 1 heteroatoms. The molecule has 0 saturated carbocycles. The second-order valence-electron chi connectivity index (χ2n) is 1.87. The average molecular weight is 121 g/mol. The third-order valence-electron chi connectivity index (χ3n) is 1.08. The van der Waals surface area contributed by atoms with Crippen molar-refractivity contribution in [3.8, 4) is 6.07 Å². The van der Waals surface area contributed by atoms with Gasteiger partial charge in [-0.3, -0.25) is 0 Å². The average Bonchev–Trinajstić information content (AvgIpc) is 1.88. The highest BCUT2D eigenvalue weighted by Crippen LogP contribution is 2.06. The minimum absolute atomic E-state index is 0.0833. The molecule has 0 aliphatic rings. The predicted molar refractivity (Wildman–Crippen MR) is 38.7 cm³/mol. The van der Waals surface area contributed by atoms with E-state index in [4.69, 9.17) is 5.26 Å². The summed E-state index contributed by atoms with van der Waals surface area (Å²) in [5, 5.41) is 8.44. The Morgan fingerprint density at radius 3 is 2.00 bits per heavy atom. The molecule has 0 N–H and O–H groups in total. The van der Waals surface area contributed by atoms with Crippen LogP contribution in [-0.4, -0.2) is 0 Å². The maximum absolute atomic E-state index is 8.44. The normalized spacial score (nSPS) is 8.44. The van der Waals surface area contributed by atoms with Crippen LogP contribution in [-0.2, 0) is 0 Å². The van der Waals surface area contributed by atoms with Gasteiger partial charge in [-0.2, -0.15) is 5.26 Å². The predicted octanol–water partition coefficient (Wildman–Crippen LogP) is 2.28. The fourth-order valence-electron chi connectivity index (χ4n) is 0.604. The molecule has 0 radical (unpaired) electrons. The van der Waals surface area contributed by atoms with E-state index in [-0.39, 0.29) is 5.92 Å². The zero-order valence-corrected chi connectivity index (χ0v) is 5.51. The Morgan fingerprint density at radius 1 is 1.33 bits per heavy atom. The van der Waals surface area contributed by atoms with E-state index in [9.17, 15) is 0 Å². The van der Waals surface area contributed by atoms with Crippen molar-refractivity contribution < 1.29 is 0 Å². The SMILES string of the molecule is C=CCC(C#N)CC=C. The summed E-state index contributed by atoms with van der Waals surface area (Å²) in [4.78, 5) is 0. The largest absolute Gasteiger partial charge is 0.198 e. The van der Waals surface area contributed by atoms with Gasteiger partial charge in [-0.15, -0.1) is 13.2 Å². The molecule has 0 saturated heterocycles. The van der Waals surface area contributed by atoms with E-state index in [0.29, 0.717) is 0 Å². The molecule has 0 aromatic carbocycles. The van der Waals surface area contributed by atoms with Crippen molar-refractivity contribution in [3.63, 3.8) is 0 Å². The number of nitrogens with zero attached hydrogens (tertiary/aromatic N) is 1. The van der Waals surface area contributed by atoms with Crippen LogP contribution in [0.5, 0.6) is 0 Å². The summed E-state index contributed by atoms with van der Waals surface area (Å²) in [7, 11) is 0. The molecule has 48 valence electrons. The zero-order chi connectivity index (χ0) is 7.11. The lowest BCUT2D eigenvalue weighted by Crippen LogP contribution is -1.91. The molecule has 0 aromatic rings. The highest BCUT2D eigenvalue weighted by atomic mass is 14.3. The maximum Gasteiger partial charge on any atom is 0.0662 e. The number of nitriles is 1. The fourth-order valence-corrected chi connectivity index (χ4v) is 0.604. The Hall–Kier alpha value is -1.03. The lowest BCUT2D eigenvalue weighted by molar-refractivity contribution is 0.692. The van der Waals surface area contributed by atoms with Crippen LogP contribution in [0.2, 0.25) is 0 Å². The van der Waals surface area contributed by atoms with Gasteiger partial charge < -0.3 is 0 Å². The first-order chi connectivity index (χ1) is 4.35. The Bertz CT molecular complexity index is 120. The van der Waals surface area contributed by atoms with E-state index in [2.05, 4.69) is 19.2 Å².